The van der Waals surface area contributed by atoms with Crippen LogP contribution in [0.25, 0.3) is 86.9 Å². The van der Waals surface area contributed by atoms with E-state index in [0.29, 0.717) is 0 Å². The van der Waals surface area contributed by atoms with E-state index in [1.54, 1.807) is 0 Å². The summed E-state index contributed by atoms with van der Waals surface area (Å²) in [5, 5.41) is 15.2. The molecule has 0 aromatic heterocycles. The Morgan fingerprint density at radius 1 is 0.204 bits per heavy atom. The fraction of sp³-hybridized carbons (Fsp3) is 0.0714. The molecule has 434 valence electrons. The van der Waals surface area contributed by atoms with E-state index >= 15 is 0 Å². The molecule has 21 rings (SSSR count). The number of fused-ring (bicyclic) bond motifs is 21. The molecule has 15 aromatic rings. The molecular formula is C84H59B3N6. The molecular weight excluding hydrogens is 1130 g/mol. The maximum Gasteiger partial charge on any atom is 0.253 e. The minimum atomic E-state index is -0.0362. The average Bonchev–Trinajstić information content (AvgIpc) is 0.709. The Bertz CT molecular complexity index is 5920. The molecule has 6 nitrogen and oxygen atoms in total. The van der Waals surface area contributed by atoms with Gasteiger partial charge < -0.3 is 29.4 Å². The molecule has 0 saturated carbocycles. The molecule has 0 fully saturated rings. The fourth-order valence-electron chi connectivity index (χ4n) is 18.4. The van der Waals surface area contributed by atoms with Crippen molar-refractivity contribution in [1.82, 2.24) is 0 Å². The van der Waals surface area contributed by atoms with Crippen molar-refractivity contribution in [2.45, 2.75) is 0 Å². The maximum absolute atomic E-state index is 2.51. The predicted molar refractivity (Wildman–Crippen MR) is 403 cm³/mol. The molecule has 6 aliphatic rings. The number of nitrogens with zero attached hydrogens (tertiary/aromatic N) is 6. The lowest BCUT2D eigenvalue weighted by atomic mass is 9.32. The lowest BCUT2D eigenvalue weighted by molar-refractivity contribution is 1.18. The van der Waals surface area contributed by atoms with Gasteiger partial charge in [-0.15, -0.1) is 0 Å². The smallest absolute Gasteiger partial charge is 0.253 e. The second-order valence-electron chi connectivity index (χ2n) is 27.0. The summed E-state index contributed by atoms with van der Waals surface area (Å²) in [5.74, 6) is 0. The molecule has 0 unspecified atom stereocenters. The van der Waals surface area contributed by atoms with E-state index in [4.69, 9.17) is 0 Å². The van der Waals surface area contributed by atoms with E-state index in [-0.39, 0.29) is 20.1 Å². The summed E-state index contributed by atoms with van der Waals surface area (Å²) < 4.78 is 0. The Hall–Kier alpha value is -11.1. The van der Waals surface area contributed by atoms with Crippen molar-refractivity contribution < 1.29 is 0 Å². The van der Waals surface area contributed by atoms with Gasteiger partial charge in [-0.25, -0.2) is 0 Å². The predicted octanol–water partition coefficient (Wildman–Crippen LogP) is 14.0. The Balaban J connectivity index is 0.742. The van der Waals surface area contributed by atoms with Gasteiger partial charge in [-0.3, -0.25) is 0 Å². The molecule has 0 bridgehead atoms. The lowest BCUT2D eigenvalue weighted by Crippen LogP contribution is -2.62. The van der Waals surface area contributed by atoms with Crippen LogP contribution in [0.5, 0.6) is 0 Å². The number of rotatable bonds is 2. The van der Waals surface area contributed by atoms with E-state index in [9.17, 15) is 0 Å². The molecule has 0 spiro atoms. The van der Waals surface area contributed by atoms with Gasteiger partial charge in [0.2, 0.25) is 0 Å². The molecule has 0 amide bonds. The van der Waals surface area contributed by atoms with E-state index in [0.717, 1.165) is 0 Å². The van der Waals surface area contributed by atoms with Crippen molar-refractivity contribution in [3.8, 4) is 22.3 Å². The minimum Gasteiger partial charge on any atom is -0.345 e. The highest BCUT2D eigenvalue weighted by Gasteiger charge is 2.46. The Morgan fingerprint density at radius 2 is 0.602 bits per heavy atom. The highest BCUT2D eigenvalue weighted by atomic mass is 15.2. The highest BCUT2D eigenvalue weighted by Crippen LogP contribution is 2.47. The summed E-state index contributed by atoms with van der Waals surface area (Å²) in [7, 11) is 13.7. The third kappa shape index (κ3) is 6.75. The van der Waals surface area contributed by atoms with Crippen molar-refractivity contribution in [1.29, 1.82) is 0 Å². The van der Waals surface area contributed by atoms with E-state index in [2.05, 4.69) is 320 Å². The molecule has 6 heterocycles. The number of hydrogen-bond acceptors (Lipinski definition) is 6. The average molecular weight is 1180 g/mol. The summed E-state index contributed by atoms with van der Waals surface area (Å²) in [4.78, 5) is 14.8. The first-order chi connectivity index (χ1) is 45.6. The van der Waals surface area contributed by atoms with Crippen molar-refractivity contribution in [2.24, 2.45) is 0 Å². The van der Waals surface area contributed by atoms with Gasteiger partial charge in [-0.2, -0.15) is 0 Å². The molecule has 0 saturated heterocycles. The van der Waals surface area contributed by atoms with E-state index in [1.807, 2.05) is 0 Å². The van der Waals surface area contributed by atoms with Gasteiger partial charge in [0.1, 0.15) is 0 Å². The summed E-state index contributed by atoms with van der Waals surface area (Å²) >= 11 is 0. The van der Waals surface area contributed by atoms with Crippen LogP contribution in [0.4, 0.5) is 68.2 Å². The van der Waals surface area contributed by atoms with Crippen LogP contribution in [0.2, 0.25) is 0 Å². The van der Waals surface area contributed by atoms with E-state index in [1.165, 1.54) is 204 Å². The summed E-state index contributed by atoms with van der Waals surface area (Å²) in [6.45, 7) is 0.0619. The number of hydrogen-bond donors (Lipinski definition) is 0. The largest absolute Gasteiger partial charge is 0.345 e. The Kier molecular flexibility index (Phi) is 10.1. The van der Waals surface area contributed by atoms with Crippen LogP contribution in [-0.2, 0) is 0 Å². The molecule has 9 heteroatoms. The quantitative estimate of drug-likeness (QED) is 0.160. The van der Waals surface area contributed by atoms with Crippen LogP contribution < -0.4 is 78.6 Å². The standard InChI is InChI=1S/C84H59B3N6/c1-88-67-24-15-25-68-81(67)86(66-42-52-19-9-11-21-54(52)44-74(66)89(68)2)80-63-39-56(27-26-49(63)30-35-71(80)88)59-46-76-82-77(47-59)92(5)70-36-31-57-38-58(28-32-61(57)79(70)87(82)78-60-23-14-13-16-48(60)29-34-69(78)91(76)4)62-33-37-72-83-84(62)93(6)75-45-55-22-12-8-18-51(55)41-65(75)85(83)64-40-50-17-7-10-20-53(50)43-73(64)90(72)3/h7-47H,1-6H3. The van der Waals surface area contributed by atoms with Crippen LogP contribution in [0.1, 0.15) is 0 Å². The van der Waals surface area contributed by atoms with Gasteiger partial charge >= 0.3 is 0 Å². The van der Waals surface area contributed by atoms with Crippen LogP contribution in [-0.4, -0.2) is 62.4 Å². The van der Waals surface area contributed by atoms with Crippen molar-refractivity contribution in [3.05, 3.63) is 249 Å². The monoisotopic (exact) mass is 1180 g/mol. The summed E-state index contributed by atoms with van der Waals surface area (Å²) in [6.07, 6.45) is 0. The molecule has 0 aliphatic carbocycles. The zero-order valence-corrected chi connectivity index (χ0v) is 52.6. The van der Waals surface area contributed by atoms with Gasteiger partial charge in [0.05, 0.1) is 0 Å². The van der Waals surface area contributed by atoms with Gasteiger partial charge in [0, 0.05) is 116 Å². The lowest BCUT2D eigenvalue weighted by Gasteiger charge is -2.43. The van der Waals surface area contributed by atoms with Crippen molar-refractivity contribution >= 4 is 202 Å². The van der Waals surface area contributed by atoms with Gasteiger partial charge in [0.15, 0.2) is 0 Å². The molecule has 0 radical (unpaired) electrons. The van der Waals surface area contributed by atoms with Crippen LogP contribution >= 0.6 is 0 Å². The van der Waals surface area contributed by atoms with Crippen molar-refractivity contribution in [3.63, 3.8) is 0 Å². The van der Waals surface area contributed by atoms with Crippen molar-refractivity contribution in [2.75, 3.05) is 71.7 Å². The highest BCUT2D eigenvalue weighted by molar-refractivity contribution is 7.03. The fourth-order valence-corrected chi connectivity index (χ4v) is 18.4. The third-order valence-corrected chi connectivity index (χ3v) is 22.7. The molecule has 0 atom stereocenters. The zero-order valence-electron chi connectivity index (χ0n) is 52.6. The summed E-state index contributed by atoms with van der Waals surface area (Å²) in [6, 6.07) is 95.8. The Labute approximate surface area is 541 Å². The maximum atomic E-state index is 2.51. The van der Waals surface area contributed by atoms with Crippen LogP contribution in [0.3, 0.4) is 0 Å². The van der Waals surface area contributed by atoms with E-state index < -0.39 is 0 Å². The summed E-state index contributed by atoms with van der Waals surface area (Å²) in [5.41, 5.74) is 32.2. The second kappa shape index (κ2) is 18.3. The molecule has 0 N–H and O–H groups in total. The number of anilines is 12. The first-order valence-corrected chi connectivity index (χ1v) is 32.8. The third-order valence-electron chi connectivity index (χ3n) is 22.7. The van der Waals surface area contributed by atoms with Crippen LogP contribution in [0.15, 0.2) is 249 Å². The SMILES string of the molecule is CN1c2cc3ccccc3cc2B2c3c1cccc3N(C)c1ccc3ccc(-c4cc5c6c(c4)N(C)c4ccc7cc(-c8ccc9c%10c8N(C)c8cc%11ccccc%11cc8B%10c8cc%10ccccc%10cc8N9C)ccc7c4B6c4c(ccc6ccccc46)N5C)cc3c12. The topological polar surface area (TPSA) is 19.4 Å². The van der Waals surface area contributed by atoms with Gasteiger partial charge in [-0.1, -0.05) is 170 Å². The molecule has 15 aromatic carbocycles. The zero-order chi connectivity index (χ0) is 61.5. The first kappa shape index (κ1) is 51.6. The minimum absolute atomic E-state index is 0.0362. The van der Waals surface area contributed by atoms with Gasteiger partial charge in [-0.05, 0) is 209 Å². The first-order valence-electron chi connectivity index (χ1n) is 32.8. The molecule has 93 heavy (non-hydrogen) atoms. The normalized spacial score (nSPS) is 14.4. The Morgan fingerprint density at radius 3 is 1.18 bits per heavy atom. The second-order valence-corrected chi connectivity index (χ2v) is 27.0. The number of benzene rings is 15. The van der Waals surface area contributed by atoms with Gasteiger partial charge in [0.25, 0.3) is 20.1 Å². The molecule has 6 aliphatic heterocycles. The van der Waals surface area contributed by atoms with Crippen LogP contribution in [0, 0.1) is 0 Å².